The average molecular weight is 508 g/mol. The summed E-state index contributed by atoms with van der Waals surface area (Å²) in [6, 6.07) is 35.7. The Hall–Kier alpha value is -5.16. The molecule has 0 bridgehead atoms. The van der Waals surface area contributed by atoms with E-state index in [-0.39, 0.29) is 0 Å². The Morgan fingerprint density at radius 1 is 0.525 bits per heavy atom. The van der Waals surface area contributed by atoms with E-state index in [1.807, 2.05) is 72.8 Å². The molecule has 5 nitrogen and oxygen atoms in total. The fraction of sp³-hybridized carbons (Fsp3) is 0. The van der Waals surface area contributed by atoms with Crippen LogP contribution in [0.2, 0.25) is 0 Å². The van der Waals surface area contributed by atoms with Crippen LogP contribution < -0.4 is 15.7 Å². The Labute approximate surface area is 233 Å². The molecule has 0 aliphatic carbocycles. The second-order valence-corrected chi connectivity index (χ2v) is 9.84. The van der Waals surface area contributed by atoms with Crippen LogP contribution in [0.15, 0.2) is 109 Å². The molecule has 0 amide bonds. The zero-order valence-electron chi connectivity index (χ0n) is 21.2. The molecule has 5 aromatic carbocycles. The van der Waals surface area contributed by atoms with Gasteiger partial charge in [-0.05, 0) is 30.3 Å². The summed E-state index contributed by atoms with van der Waals surface area (Å²) in [5.74, 6) is 3.21. The highest BCUT2D eigenvalue weighted by Crippen LogP contribution is 2.46. The van der Waals surface area contributed by atoms with Gasteiger partial charge in [0.05, 0.1) is 16.7 Å². The van der Waals surface area contributed by atoms with Crippen molar-refractivity contribution < 1.29 is 4.74 Å². The highest BCUT2D eigenvalue weighted by molar-refractivity contribution is 6.32. The van der Waals surface area contributed by atoms with E-state index in [2.05, 4.69) is 41.0 Å². The Bertz CT molecular complexity index is 2040. The van der Waals surface area contributed by atoms with Gasteiger partial charge in [-0.25, -0.2) is 15.0 Å². The molecule has 7 aromatic rings. The summed E-state index contributed by atoms with van der Waals surface area (Å²) in [7, 11) is 11.9. The number of fused-ring (bicyclic) bond motifs is 5. The molecule has 7 heteroatoms. The molecule has 0 N–H and O–H groups in total. The van der Waals surface area contributed by atoms with E-state index in [0.717, 1.165) is 44.9 Å². The van der Waals surface area contributed by atoms with Crippen molar-refractivity contribution in [1.82, 2.24) is 19.5 Å². The zero-order chi connectivity index (χ0) is 26.8. The maximum absolute atomic E-state index is 6.48. The summed E-state index contributed by atoms with van der Waals surface area (Å²) >= 11 is 0. The first-order valence-electron chi connectivity index (χ1n) is 13.0. The van der Waals surface area contributed by atoms with Crippen LogP contribution in [0.5, 0.6) is 11.5 Å². The lowest BCUT2D eigenvalue weighted by Gasteiger charge is -2.21. The summed E-state index contributed by atoms with van der Waals surface area (Å²) in [6.07, 6.45) is 0. The molecular weight excluding hydrogens is 490 g/mol. The van der Waals surface area contributed by atoms with Crippen molar-refractivity contribution in [2.24, 2.45) is 0 Å². The van der Waals surface area contributed by atoms with Crippen LogP contribution >= 0.6 is 0 Å². The Kier molecular flexibility index (Phi) is 4.95. The van der Waals surface area contributed by atoms with E-state index in [9.17, 15) is 0 Å². The lowest BCUT2D eigenvalue weighted by atomic mass is 9.95. The molecule has 3 heterocycles. The number of rotatable bonds is 3. The summed E-state index contributed by atoms with van der Waals surface area (Å²) in [5, 5.41) is 2.36. The molecule has 0 saturated heterocycles. The van der Waals surface area contributed by atoms with Gasteiger partial charge < -0.3 is 9.30 Å². The standard InChI is InChI=1S/C33H18B2N4O/c34-22-13-8-19(9-14-22)31-36-32(20-10-15-23(35)16-11-20)38-33(37-31)21-12-17-27-29(18-21)40-28-7-3-5-25-24-4-1-2-6-26(24)39(27)30(25)28/h1-18H. The molecule has 8 rings (SSSR count). The van der Waals surface area contributed by atoms with Crippen molar-refractivity contribution in [3.8, 4) is 51.3 Å². The molecule has 40 heavy (non-hydrogen) atoms. The summed E-state index contributed by atoms with van der Waals surface area (Å²) < 4.78 is 8.75. The normalized spacial score (nSPS) is 11.9. The Balaban J connectivity index is 1.32. The largest absolute Gasteiger partial charge is 0.453 e. The second kappa shape index (κ2) is 8.68. The van der Waals surface area contributed by atoms with E-state index >= 15 is 0 Å². The van der Waals surface area contributed by atoms with Crippen LogP contribution in [-0.2, 0) is 0 Å². The number of nitrogens with zero attached hydrogens (tertiary/aromatic N) is 4. The number of hydrogen-bond acceptors (Lipinski definition) is 4. The minimum atomic E-state index is 0.543. The van der Waals surface area contributed by atoms with E-state index in [0.29, 0.717) is 28.4 Å². The van der Waals surface area contributed by atoms with Crippen LogP contribution in [0, 0.1) is 0 Å². The summed E-state index contributed by atoms with van der Waals surface area (Å²) in [5.41, 5.74) is 7.05. The molecule has 0 spiro atoms. The van der Waals surface area contributed by atoms with Crippen molar-refractivity contribution in [1.29, 1.82) is 0 Å². The third kappa shape index (κ3) is 3.55. The Morgan fingerprint density at radius 2 is 1.10 bits per heavy atom. The van der Waals surface area contributed by atoms with Crippen LogP contribution in [-0.4, -0.2) is 35.2 Å². The molecule has 182 valence electrons. The topological polar surface area (TPSA) is 52.8 Å². The highest BCUT2D eigenvalue weighted by atomic mass is 16.5. The van der Waals surface area contributed by atoms with Crippen molar-refractivity contribution in [3.63, 3.8) is 0 Å². The second-order valence-electron chi connectivity index (χ2n) is 9.84. The number of hydrogen-bond donors (Lipinski definition) is 0. The number of ether oxygens (including phenoxy) is 1. The minimum absolute atomic E-state index is 0.543. The summed E-state index contributed by atoms with van der Waals surface area (Å²) in [6.45, 7) is 0. The van der Waals surface area contributed by atoms with Gasteiger partial charge in [0.2, 0.25) is 0 Å². The minimum Gasteiger partial charge on any atom is -0.453 e. The van der Waals surface area contributed by atoms with E-state index in [1.54, 1.807) is 0 Å². The van der Waals surface area contributed by atoms with Crippen molar-refractivity contribution in [3.05, 3.63) is 109 Å². The van der Waals surface area contributed by atoms with Gasteiger partial charge in [0.25, 0.3) is 0 Å². The van der Waals surface area contributed by atoms with Gasteiger partial charge in [-0.15, -0.1) is 0 Å². The monoisotopic (exact) mass is 508 g/mol. The van der Waals surface area contributed by atoms with Crippen molar-refractivity contribution in [2.45, 2.75) is 0 Å². The van der Waals surface area contributed by atoms with Gasteiger partial charge in [-0.1, -0.05) is 89.8 Å². The predicted octanol–water partition coefficient (Wildman–Crippen LogP) is 5.66. The zero-order valence-corrected chi connectivity index (χ0v) is 21.2. The smallest absolute Gasteiger partial charge is 0.164 e. The average Bonchev–Trinajstić information content (AvgIpc) is 3.33. The van der Waals surface area contributed by atoms with Gasteiger partial charge in [0.1, 0.15) is 15.7 Å². The van der Waals surface area contributed by atoms with Crippen LogP contribution in [0.3, 0.4) is 0 Å². The first-order valence-corrected chi connectivity index (χ1v) is 13.0. The molecule has 1 aliphatic heterocycles. The van der Waals surface area contributed by atoms with Gasteiger partial charge in [0, 0.05) is 27.5 Å². The van der Waals surface area contributed by atoms with Crippen LogP contribution in [0.25, 0.3) is 61.7 Å². The van der Waals surface area contributed by atoms with Crippen LogP contribution in [0.4, 0.5) is 0 Å². The molecule has 0 fully saturated rings. The molecule has 0 unspecified atom stereocenters. The van der Waals surface area contributed by atoms with Gasteiger partial charge in [-0.2, -0.15) is 0 Å². The fourth-order valence-electron chi connectivity index (χ4n) is 5.39. The number of para-hydroxylation sites is 2. The SMILES string of the molecule is [B]c1ccc(-c2nc(-c3ccc([B])cc3)nc(-c3ccc4c(c3)Oc3cccc5c6ccccc6n-4c35)n2)cc1. The Morgan fingerprint density at radius 3 is 1.77 bits per heavy atom. The number of aromatic nitrogens is 4. The maximum Gasteiger partial charge on any atom is 0.164 e. The summed E-state index contributed by atoms with van der Waals surface area (Å²) in [4.78, 5) is 14.5. The van der Waals surface area contributed by atoms with Gasteiger partial charge >= 0.3 is 0 Å². The first-order chi connectivity index (χ1) is 19.6. The molecule has 1 aliphatic rings. The van der Waals surface area contributed by atoms with E-state index < -0.39 is 0 Å². The van der Waals surface area contributed by atoms with Gasteiger partial charge in [0.15, 0.2) is 29.0 Å². The third-order valence-electron chi connectivity index (χ3n) is 7.31. The van der Waals surface area contributed by atoms with Crippen molar-refractivity contribution in [2.75, 3.05) is 0 Å². The molecular formula is C33H18B2N4O. The fourth-order valence-corrected chi connectivity index (χ4v) is 5.39. The highest BCUT2D eigenvalue weighted by Gasteiger charge is 2.24. The van der Waals surface area contributed by atoms with E-state index in [4.69, 9.17) is 35.4 Å². The first kappa shape index (κ1) is 22.8. The third-order valence-corrected chi connectivity index (χ3v) is 7.31. The molecule has 2 aromatic heterocycles. The van der Waals surface area contributed by atoms with Gasteiger partial charge in [-0.3, -0.25) is 0 Å². The lowest BCUT2D eigenvalue weighted by molar-refractivity contribution is 0.476. The lowest BCUT2D eigenvalue weighted by Crippen LogP contribution is -2.06. The maximum atomic E-state index is 6.48. The predicted molar refractivity (Wildman–Crippen MR) is 161 cm³/mol. The quantitative estimate of drug-likeness (QED) is 0.289. The molecule has 0 saturated carbocycles. The van der Waals surface area contributed by atoms with E-state index in [1.165, 1.54) is 10.8 Å². The van der Waals surface area contributed by atoms with Crippen LogP contribution in [0.1, 0.15) is 0 Å². The van der Waals surface area contributed by atoms with Crippen molar-refractivity contribution >= 4 is 48.4 Å². The molecule has 0 atom stereocenters. The number of benzene rings is 5. The molecule has 4 radical (unpaired) electrons.